The molecular weight excluding hydrogens is 544 g/mol. The molecule has 43 heavy (non-hydrogen) atoms. The van der Waals surface area contributed by atoms with E-state index < -0.39 is 5.92 Å². The van der Waals surface area contributed by atoms with Crippen LogP contribution in [0, 0.1) is 5.92 Å². The Morgan fingerprint density at radius 3 is 2.12 bits per heavy atom. The molecule has 1 unspecified atom stereocenters. The zero-order chi connectivity index (χ0) is 30.4. The summed E-state index contributed by atoms with van der Waals surface area (Å²) in [5.41, 5.74) is 4.56. The maximum Gasteiger partial charge on any atom is 0.270 e. The Morgan fingerprint density at radius 1 is 0.860 bits per heavy atom. The van der Waals surface area contributed by atoms with E-state index in [0.29, 0.717) is 28.9 Å². The van der Waals surface area contributed by atoms with Crippen molar-refractivity contribution in [3.05, 3.63) is 120 Å². The highest BCUT2D eigenvalue weighted by atomic mass is 19.3. The summed E-state index contributed by atoms with van der Waals surface area (Å²) in [6.07, 6.45) is 1.81. The van der Waals surface area contributed by atoms with Gasteiger partial charge in [0.25, 0.3) is 11.8 Å². The van der Waals surface area contributed by atoms with Crippen molar-refractivity contribution in [2.24, 2.45) is 5.92 Å². The lowest BCUT2D eigenvalue weighted by atomic mass is 9.79. The number of hydrogen-bond donors (Lipinski definition) is 2. The van der Waals surface area contributed by atoms with Crippen molar-refractivity contribution in [1.82, 2.24) is 5.32 Å². The summed E-state index contributed by atoms with van der Waals surface area (Å²) in [5, 5.41) is 6.00. The van der Waals surface area contributed by atoms with Crippen LogP contribution in [0.25, 0.3) is 11.1 Å². The summed E-state index contributed by atoms with van der Waals surface area (Å²) in [6, 6.07) is 31.0. The van der Waals surface area contributed by atoms with Gasteiger partial charge in [0.1, 0.15) is 0 Å². The SMILES string of the molecule is CCNC(=O)C(c1ccccc1)C1CCN(c2ccc(NC(=O)c3ccccc3-c3ccc(C(C)(F)F)cc3)cc2)CC1. The van der Waals surface area contributed by atoms with Gasteiger partial charge < -0.3 is 15.5 Å². The Morgan fingerprint density at radius 2 is 1.49 bits per heavy atom. The van der Waals surface area contributed by atoms with E-state index in [0.717, 1.165) is 44.1 Å². The van der Waals surface area contributed by atoms with Crippen molar-refractivity contribution in [3.63, 3.8) is 0 Å². The van der Waals surface area contributed by atoms with Gasteiger partial charge in [0.05, 0.1) is 5.92 Å². The van der Waals surface area contributed by atoms with E-state index in [-0.39, 0.29) is 29.2 Å². The fraction of sp³-hybridized carbons (Fsp3) is 0.278. The van der Waals surface area contributed by atoms with Gasteiger partial charge in [0, 0.05) is 49.1 Å². The second-order valence-electron chi connectivity index (χ2n) is 11.1. The number of hydrogen-bond acceptors (Lipinski definition) is 3. The molecule has 5 rings (SSSR count). The molecule has 0 aromatic heterocycles. The zero-order valence-electron chi connectivity index (χ0n) is 24.5. The van der Waals surface area contributed by atoms with Gasteiger partial charge in [0.2, 0.25) is 5.91 Å². The number of nitrogens with zero attached hydrogens (tertiary/aromatic N) is 1. The molecule has 1 saturated heterocycles. The third-order valence-electron chi connectivity index (χ3n) is 8.17. The van der Waals surface area contributed by atoms with Gasteiger partial charge in [0.15, 0.2) is 0 Å². The van der Waals surface area contributed by atoms with Gasteiger partial charge in [-0.1, -0.05) is 72.8 Å². The summed E-state index contributed by atoms with van der Waals surface area (Å²) in [7, 11) is 0. The Labute approximate surface area is 251 Å². The molecule has 1 aliphatic rings. The molecule has 4 aromatic carbocycles. The highest BCUT2D eigenvalue weighted by Crippen LogP contribution is 2.35. The Kier molecular flexibility index (Phi) is 9.19. The molecule has 7 heteroatoms. The van der Waals surface area contributed by atoms with E-state index in [1.165, 1.54) is 12.1 Å². The van der Waals surface area contributed by atoms with E-state index >= 15 is 0 Å². The quantitative estimate of drug-likeness (QED) is 0.212. The van der Waals surface area contributed by atoms with E-state index in [9.17, 15) is 18.4 Å². The lowest BCUT2D eigenvalue weighted by Gasteiger charge is -2.37. The zero-order valence-corrected chi connectivity index (χ0v) is 24.5. The van der Waals surface area contributed by atoms with Crippen LogP contribution in [-0.2, 0) is 10.7 Å². The van der Waals surface area contributed by atoms with E-state index in [1.807, 2.05) is 73.7 Å². The maximum atomic E-state index is 13.7. The number of piperidine rings is 1. The van der Waals surface area contributed by atoms with Crippen LogP contribution in [0.2, 0.25) is 0 Å². The second kappa shape index (κ2) is 13.2. The number of amides is 2. The fourth-order valence-electron chi connectivity index (χ4n) is 5.90. The molecule has 0 spiro atoms. The van der Waals surface area contributed by atoms with Crippen molar-refractivity contribution < 1.29 is 18.4 Å². The molecule has 0 bridgehead atoms. The summed E-state index contributed by atoms with van der Waals surface area (Å²) in [6.45, 7) is 5.12. The molecule has 4 aromatic rings. The van der Waals surface area contributed by atoms with Gasteiger partial charge >= 0.3 is 0 Å². The Bertz CT molecular complexity index is 1530. The first-order valence-electron chi connectivity index (χ1n) is 14.8. The van der Waals surface area contributed by atoms with Crippen molar-refractivity contribution in [2.45, 2.75) is 38.5 Å². The first-order chi connectivity index (χ1) is 20.7. The molecule has 1 aliphatic heterocycles. The number of carbonyl (C=O) groups excluding carboxylic acids is 2. The van der Waals surface area contributed by atoms with Crippen LogP contribution in [0.4, 0.5) is 20.2 Å². The molecule has 1 heterocycles. The molecule has 0 radical (unpaired) electrons. The number of alkyl halides is 2. The number of rotatable bonds is 9. The predicted octanol–water partition coefficient (Wildman–Crippen LogP) is 7.85. The van der Waals surface area contributed by atoms with Crippen LogP contribution in [0.3, 0.4) is 0 Å². The van der Waals surface area contributed by atoms with Crippen LogP contribution in [0.5, 0.6) is 0 Å². The third kappa shape index (κ3) is 7.11. The number of nitrogens with one attached hydrogen (secondary N) is 2. The summed E-state index contributed by atoms with van der Waals surface area (Å²) < 4.78 is 27.3. The van der Waals surface area contributed by atoms with E-state index in [2.05, 4.69) is 15.5 Å². The summed E-state index contributed by atoms with van der Waals surface area (Å²) >= 11 is 0. The topological polar surface area (TPSA) is 61.4 Å². The average molecular weight is 582 g/mol. The van der Waals surface area contributed by atoms with Crippen molar-refractivity contribution in [3.8, 4) is 11.1 Å². The molecular formula is C36H37F2N3O2. The van der Waals surface area contributed by atoms with Gasteiger partial charge in [-0.05, 0) is 72.7 Å². The Hall–Kier alpha value is -4.52. The summed E-state index contributed by atoms with van der Waals surface area (Å²) in [5.74, 6) is -3.00. The maximum absolute atomic E-state index is 13.7. The number of anilines is 2. The first kappa shape index (κ1) is 30.0. The van der Waals surface area contributed by atoms with Gasteiger partial charge in [-0.3, -0.25) is 9.59 Å². The van der Waals surface area contributed by atoms with Crippen LogP contribution in [0.15, 0.2) is 103 Å². The smallest absolute Gasteiger partial charge is 0.270 e. The standard InChI is InChI=1S/C36H37F2N3O2/c1-3-39-35(43)33(26-9-5-4-6-10-26)27-21-23-41(24-22-27)30-19-17-29(18-20-30)40-34(42)32-12-8-7-11-31(32)25-13-15-28(16-14-25)36(2,37)38/h4-20,27,33H,3,21-24H2,1-2H3,(H,39,43)(H,40,42). The predicted molar refractivity (Wildman–Crippen MR) is 169 cm³/mol. The number of likely N-dealkylation sites (N-methyl/N-ethyl adjacent to an activating group) is 1. The van der Waals surface area contributed by atoms with Crippen molar-refractivity contribution in [1.29, 1.82) is 0 Å². The summed E-state index contributed by atoms with van der Waals surface area (Å²) in [4.78, 5) is 28.6. The van der Waals surface area contributed by atoms with Crippen LogP contribution in [0.1, 0.15) is 54.1 Å². The average Bonchev–Trinajstić information content (AvgIpc) is 3.02. The molecule has 2 N–H and O–H groups in total. The number of halogens is 2. The number of benzene rings is 4. The van der Waals surface area contributed by atoms with E-state index in [4.69, 9.17) is 0 Å². The molecule has 0 aliphatic carbocycles. The molecule has 0 saturated carbocycles. The molecule has 1 atom stereocenters. The van der Waals surface area contributed by atoms with Gasteiger partial charge in [-0.2, -0.15) is 0 Å². The van der Waals surface area contributed by atoms with Crippen LogP contribution >= 0.6 is 0 Å². The number of carbonyl (C=O) groups is 2. The minimum atomic E-state index is -2.92. The first-order valence-corrected chi connectivity index (χ1v) is 14.8. The van der Waals surface area contributed by atoms with E-state index in [1.54, 1.807) is 24.3 Å². The van der Waals surface area contributed by atoms with Crippen LogP contribution < -0.4 is 15.5 Å². The highest BCUT2D eigenvalue weighted by Gasteiger charge is 2.32. The van der Waals surface area contributed by atoms with Crippen LogP contribution in [-0.4, -0.2) is 31.4 Å². The minimum Gasteiger partial charge on any atom is -0.372 e. The third-order valence-corrected chi connectivity index (χ3v) is 8.17. The van der Waals surface area contributed by atoms with Gasteiger partial charge in [-0.15, -0.1) is 0 Å². The fourth-order valence-corrected chi connectivity index (χ4v) is 5.90. The minimum absolute atomic E-state index is 0.0690. The largest absolute Gasteiger partial charge is 0.372 e. The molecule has 222 valence electrons. The molecule has 1 fully saturated rings. The lowest BCUT2D eigenvalue weighted by Crippen LogP contribution is -2.40. The lowest BCUT2D eigenvalue weighted by molar-refractivity contribution is -0.123. The molecule has 5 nitrogen and oxygen atoms in total. The normalized spacial score (nSPS) is 14.7. The van der Waals surface area contributed by atoms with Crippen molar-refractivity contribution in [2.75, 3.05) is 29.9 Å². The highest BCUT2D eigenvalue weighted by molar-refractivity contribution is 6.08. The second-order valence-corrected chi connectivity index (χ2v) is 11.1. The Balaban J connectivity index is 1.23. The van der Waals surface area contributed by atoms with Gasteiger partial charge in [-0.25, -0.2) is 8.78 Å². The van der Waals surface area contributed by atoms with Crippen molar-refractivity contribution >= 4 is 23.2 Å². The monoisotopic (exact) mass is 581 g/mol. The molecule has 2 amide bonds.